The van der Waals surface area contributed by atoms with Crippen LogP contribution in [-0.4, -0.2) is 42.9 Å². The van der Waals surface area contributed by atoms with E-state index in [1.54, 1.807) is 31.4 Å². The number of rotatable bonds is 9. The quantitative estimate of drug-likeness (QED) is 0.523. The van der Waals surface area contributed by atoms with Gasteiger partial charge in [-0.1, -0.05) is 60.7 Å². The van der Waals surface area contributed by atoms with E-state index in [2.05, 4.69) is 0 Å². The van der Waals surface area contributed by atoms with Crippen molar-refractivity contribution in [2.24, 2.45) is 0 Å². The molecule has 1 fully saturated rings. The second-order valence-corrected chi connectivity index (χ2v) is 8.02. The van der Waals surface area contributed by atoms with Gasteiger partial charge in [-0.3, -0.25) is 0 Å². The van der Waals surface area contributed by atoms with Crippen molar-refractivity contribution in [2.45, 2.75) is 50.8 Å². The van der Waals surface area contributed by atoms with E-state index in [1.807, 2.05) is 67.6 Å². The van der Waals surface area contributed by atoms with Crippen molar-refractivity contribution >= 4 is 0 Å². The van der Waals surface area contributed by atoms with E-state index in [1.165, 1.54) is 0 Å². The smallest absolute Gasteiger partial charge is 0.229 e. The van der Waals surface area contributed by atoms with Crippen LogP contribution in [0.4, 0.5) is 0 Å². The molecule has 0 aromatic heterocycles. The molecular weight excluding hydrogens is 420 g/mol. The zero-order chi connectivity index (χ0) is 23.0. The van der Waals surface area contributed by atoms with E-state index in [9.17, 15) is 5.11 Å². The zero-order valence-corrected chi connectivity index (χ0v) is 18.9. The van der Waals surface area contributed by atoms with Crippen molar-refractivity contribution in [1.29, 1.82) is 0 Å². The Balaban J connectivity index is 1.48. The monoisotopic (exact) mass is 450 g/mol. The number of aliphatic hydroxyl groups excluding tert-OH is 1. The highest BCUT2D eigenvalue weighted by Crippen LogP contribution is 2.30. The maximum absolute atomic E-state index is 11.2. The number of ether oxygens (including phenoxy) is 5. The average molecular weight is 451 g/mol. The molecule has 1 aliphatic rings. The highest BCUT2D eigenvalue weighted by Gasteiger charge is 2.46. The van der Waals surface area contributed by atoms with Crippen LogP contribution in [0.5, 0.6) is 11.5 Å². The molecule has 0 amide bonds. The zero-order valence-electron chi connectivity index (χ0n) is 18.9. The molecular formula is C27H30O6. The molecule has 0 bridgehead atoms. The number of aliphatic hydroxyl groups is 1. The Morgan fingerprint density at radius 1 is 0.727 bits per heavy atom. The lowest BCUT2D eigenvalue weighted by Gasteiger charge is -2.43. The lowest BCUT2D eigenvalue weighted by atomic mass is 9.99. The molecule has 0 spiro atoms. The van der Waals surface area contributed by atoms with E-state index in [0.29, 0.717) is 19.0 Å². The second kappa shape index (κ2) is 11.3. The molecule has 0 unspecified atom stereocenters. The number of hydrogen-bond acceptors (Lipinski definition) is 6. The Hall–Kier alpha value is -2.90. The fourth-order valence-electron chi connectivity index (χ4n) is 3.83. The minimum Gasteiger partial charge on any atom is -0.497 e. The molecule has 6 heteroatoms. The maximum Gasteiger partial charge on any atom is 0.229 e. The fraction of sp³-hybridized carbons (Fsp3) is 0.333. The third-order valence-electron chi connectivity index (χ3n) is 5.63. The van der Waals surface area contributed by atoms with E-state index < -0.39 is 24.6 Å². The van der Waals surface area contributed by atoms with Gasteiger partial charge in [0.1, 0.15) is 29.8 Å². The van der Waals surface area contributed by atoms with Gasteiger partial charge in [0, 0.05) is 0 Å². The Bertz CT molecular complexity index is 963. The van der Waals surface area contributed by atoms with Crippen molar-refractivity contribution in [3.05, 3.63) is 96.1 Å². The van der Waals surface area contributed by atoms with Crippen LogP contribution in [-0.2, 0) is 27.4 Å². The van der Waals surface area contributed by atoms with Crippen LogP contribution in [0.3, 0.4) is 0 Å². The van der Waals surface area contributed by atoms with Crippen LogP contribution in [0, 0.1) is 0 Å². The van der Waals surface area contributed by atoms with E-state index >= 15 is 0 Å². The van der Waals surface area contributed by atoms with Crippen LogP contribution in [0.2, 0.25) is 0 Å². The first-order valence-electron chi connectivity index (χ1n) is 11.1. The summed E-state index contributed by atoms with van der Waals surface area (Å²) in [4.78, 5) is 0. The summed E-state index contributed by atoms with van der Waals surface area (Å²) in [6, 6.07) is 26.9. The molecule has 174 valence electrons. The summed E-state index contributed by atoms with van der Waals surface area (Å²) in [6.45, 7) is 2.64. The molecule has 4 rings (SSSR count). The summed E-state index contributed by atoms with van der Waals surface area (Å²) < 4.78 is 29.6. The van der Waals surface area contributed by atoms with Gasteiger partial charge < -0.3 is 28.8 Å². The molecule has 1 saturated heterocycles. The molecule has 0 radical (unpaired) electrons. The first kappa shape index (κ1) is 23.3. The van der Waals surface area contributed by atoms with Gasteiger partial charge >= 0.3 is 0 Å². The Kier molecular flexibility index (Phi) is 7.96. The van der Waals surface area contributed by atoms with Gasteiger partial charge in [-0.2, -0.15) is 0 Å². The maximum atomic E-state index is 11.2. The minimum absolute atomic E-state index is 0.343. The van der Waals surface area contributed by atoms with Crippen LogP contribution >= 0.6 is 0 Å². The molecule has 5 atom stereocenters. The van der Waals surface area contributed by atoms with Gasteiger partial charge in [-0.05, 0) is 42.3 Å². The van der Waals surface area contributed by atoms with Gasteiger partial charge in [0.25, 0.3) is 0 Å². The first-order chi connectivity index (χ1) is 16.1. The SMILES string of the molecule is COc1ccc(O[C@H]2O[C@H](C)[C@@H](OCc3ccccc3)[C@H](OCc3ccccc3)[C@@H]2O)cc1. The highest BCUT2D eigenvalue weighted by atomic mass is 16.7. The number of methoxy groups -OCH3 is 1. The van der Waals surface area contributed by atoms with Gasteiger partial charge in [0.2, 0.25) is 6.29 Å². The predicted octanol–water partition coefficient (Wildman–Crippen LogP) is 4.35. The van der Waals surface area contributed by atoms with Crippen molar-refractivity contribution in [2.75, 3.05) is 7.11 Å². The lowest BCUT2D eigenvalue weighted by Crippen LogP contribution is -2.60. The molecule has 3 aromatic carbocycles. The molecule has 1 aliphatic heterocycles. The minimum atomic E-state index is -1.05. The molecule has 0 saturated carbocycles. The fourth-order valence-corrected chi connectivity index (χ4v) is 3.83. The van der Waals surface area contributed by atoms with Crippen molar-refractivity contribution < 1.29 is 28.8 Å². The summed E-state index contributed by atoms with van der Waals surface area (Å²) >= 11 is 0. The van der Waals surface area contributed by atoms with Crippen molar-refractivity contribution in [3.63, 3.8) is 0 Å². The summed E-state index contributed by atoms with van der Waals surface area (Å²) in [5, 5.41) is 11.2. The lowest BCUT2D eigenvalue weighted by molar-refractivity contribution is -0.289. The molecule has 33 heavy (non-hydrogen) atoms. The molecule has 3 aromatic rings. The molecule has 6 nitrogen and oxygen atoms in total. The van der Waals surface area contributed by atoms with Crippen LogP contribution < -0.4 is 9.47 Å². The summed E-state index contributed by atoms with van der Waals surface area (Å²) in [5.41, 5.74) is 2.05. The van der Waals surface area contributed by atoms with Crippen LogP contribution in [0.1, 0.15) is 18.1 Å². The Morgan fingerprint density at radius 3 is 1.79 bits per heavy atom. The normalized spacial score (nSPS) is 24.9. The van der Waals surface area contributed by atoms with Crippen LogP contribution in [0.25, 0.3) is 0 Å². The van der Waals surface area contributed by atoms with E-state index in [4.69, 9.17) is 23.7 Å². The van der Waals surface area contributed by atoms with Gasteiger partial charge in [-0.25, -0.2) is 0 Å². The van der Waals surface area contributed by atoms with Crippen molar-refractivity contribution in [3.8, 4) is 11.5 Å². The van der Waals surface area contributed by atoms with E-state index in [-0.39, 0.29) is 6.10 Å². The van der Waals surface area contributed by atoms with Crippen molar-refractivity contribution in [1.82, 2.24) is 0 Å². The third-order valence-corrected chi connectivity index (χ3v) is 5.63. The summed E-state index contributed by atoms with van der Waals surface area (Å²) in [6.07, 6.45) is -3.42. The Labute approximate surface area is 194 Å². The average Bonchev–Trinajstić information content (AvgIpc) is 2.86. The standard InChI is InChI=1S/C27H30O6/c1-19-25(30-17-20-9-5-3-6-10-20)26(31-18-21-11-7-4-8-12-21)24(28)27(32-19)33-23-15-13-22(29-2)14-16-23/h3-16,19,24-28H,17-18H2,1-2H3/t19-,24+,25-,26-,27-/m1/s1. The topological polar surface area (TPSA) is 66.4 Å². The van der Waals surface area contributed by atoms with Gasteiger partial charge in [0.05, 0.1) is 26.4 Å². The van der Waals surface area contributed by atoms with E-state index in [0.717, 1.165) is 16.9 Å². The second-order valence-electron chi connectivity index (χ2n) is 8.02. The highest BCUT2D eigenvalue weighted by molar-refractivity contribution is 5.31. The molecule has 1 N–H and O–H groups in total. The Morgan fingerprint density at radius 2 is 1.24 bits per heavy atom. The van der Waals surface area contributed by atoms with Gasteiger partial charge in [0.15, 0.2) is 0 Å². The first-order valence-corrected chi connectivity index (χ1v) is 11.1. The van der Waals surface area contributed by atoms with Crippen LogP contribution in [0.15, 0.2) is 84.9 Å². The number of benzene rings is 3. The summed E-state index contributed by atoms with van der Waals surface area (Å²) in [5.74, 6) is 1.29. The molecule has 0 aliphatic carbocycles. The molecule has 1 heterocycles. The largest absolute Gasteiger partial charge is 0.497 e. The van der Waals surface area contributed by atoms with Gasteiger partial charge in [-0.15, -0.1) is 0 Å². The predicted molar refractivity (Wildman–Crippen MR) is 124 cm³/mol. The third kappa shape index (κ3) is 6.12. The number of hydrogen-bond donors (Lipinski definition) is 1. The summed E-state index contributed by atoms with van der Waals surface area (Å²) in [7, 11) is 1.61.